The molecule has 0 saturated carbocycles. The largest absolute Gasteiger partial charge is 0.480 e. The summed E-state index contributed by atoms with van der Waals surface area (Å²) in [4.78, 5) is 24.3. The molecule has 1 N–H and O–H groups in total. The number of halogens is 2. The van der Waals surface area contributed by atoms with Crippen molar-refractivity contribution < 1.29 is 14.7 Å². The Morgan fingerprint density at radius 1 is 1.50 bits per heavy atom. The SMILES string of the molecule is CCN(CC(=O)O)C(=O)c1cc(Br)c(Br)s1. The predicted molar refractivity (Wildman–Crippen MR) is 68.9 cm³/mol. The number of carboxylic acids is 1. The van der Waals surface area contributed by atoms with E-state index >= 15 is 0 Å². The van der Waals surface area contributed by atoms with Gasteiger partial charge in [-0.25, -0.2) is 0 Å². The lowest BCUT2D eigenvalue weighted by Gasteiger charge is -2.17. The van der Waals surface area contributed by atoms with E-state index in [1.165, 1.54) is 16.2 Å². The minimum atomic E-state index is -1.01. The van der Waals surface area contributed by atoms with Crippen LogP contribution in [0, 0.1) is 0 Å². The first kappa shape index (κ1) is 13.7. The van der Waals surface area contributed by atoms with Gasteiger partial charge in [0, 0.05) is 11.0 Å². The summed E-state index contributed by atoms with van der Waals surface area (Å²) in [5.41, 5.74) is 0. The fourth-order valence-electron chi connectivity index (χ4n) is 1.10. The van der Waals surface area contributed by atoms with Crippen LogP contribution in [-0.4, -0.2) is 35.0 Å². The fraction of sp³-hybridized carbons (Fsp3) is 0.333. The second kappa shape index (κ2) is 5.79. The Hall–Kier alpha value is -0.400. The van der Waals surface area contributed by atoms with Gasteiger partial charge < -0.3 is 10.0 Å². The Morgan fingerprint density at radius 3 is 2.50 bits per heavy atom. The zero-order valence-electron chi connectivity index (χ0n) is 8.37. The van der Waals surface area contributed by atoms with E-state index in [1.807, 2.05) is 0 Å². The zero-order chi connectivity index (χ0) is 12.3. The molecule has 1 aromatic rings. The highest BCUT2D eigenvalue weighted by molar-refractivity contribution is 9.13. The van der Waals surface area contributed by atoms with Crippen LogP contribution in [0.4, 0.5) is 0 Å². The molecule has 0 aliphatic carbocycles. The van der Waals surface area contributed by atoms with Gasteiger partial charge in [0.2, 0.25) is 0 Å². The van der Waals surface area contributed by atoms with Crippen LogP contribution in [-0.2, 0) is 4.79 Å². The molecule has 1 amide bonds. The average molecular weight is 371 g/mol. The molecule has 0 saturated heterocycles. The van der Waals surface area contributed by atoms with E-state index in [9.17, 15) is 9.59 Å². The molecule has 1 aromatic heterocycles. The summed E-state index contributed by atoms with van der Waals surface area (Å²) in [5, 5.41) is 8.66. The van der Waals surface area contributed by atoms with Gasteiger partial charge in [-0.2, -0.15) is 0 Å². The number of hydrogen-bond donors (Lipinski definition) is 1. The van der Waals surface area contributed by atoms with Crippen molar-refractivity contribution in [3.8, 4) is 0 Å². The van der Waals surface area contributed by atoms with Crippen molar-refractivity contribution in [2.45, 2.75) is 6.92 Å². The number of nitrogens with zero attached hydrogens (tertiary/aromatic N) is 1. The first-order chi connectivity index (χ1) is 7.45. The van der Waals surface area contributed by atoms with Gasteiger partial charge >= 0.3 is 5.97 Å². The second-order valence-electron chi connectivity index (χ2n) is 2.95. The summed E-state index contributed by atoms with van der Waals surface area (Å²) >= 11 is 7.85. The Labute approximate surface area is 114 Å². The molecule has 1 heterocycles. The lowest BCUT2D eigenvalue weighted by molar-refractivity contribution is -0.137. The molecule has 0 fully saturated rings. The third kappa shape index (κ3) is 3.29. The maximum atomic E-state index is 11.9. The Morgan fingerprint density at radius 2 is 2.12 bits per heavy atom. The lowest BCUT2D eigenvalue weighted by Crippen LogP contribution is -2.34. The highest BCUT2D eigenvalue weighted by atomic mass is 79.9. The smallest absolute Gasteiger partial charge is 0.323 e. The van der Waals surface area contributed by atoms with E-state index in [4.69, 9.17) is 5.11 Å². The number of rotatable bonds is 4. The summed E-state index contributed by atoms with van der Waals surface area (Å²) in [6, 6.07) is 1.68. The number of likely N-dealkylation sites (N-methyl/N-ethyl adjacent to an activating group) is 1. The van der Waals surface area contributed by atoms with Crippen LogP contribution < -0.4 is 0 Å². The molecule has 1 rings (SSSR count). The van der Waals surface area contributed by atoms with Crippen molar-refractivity contribution in [1.82, 2.24) is 4.90 Å². The molecule has 0 aliphatic heterocycles. The van der Waals surface area contributed by atoms with Gasteiger partial charge in [0.15, 0.2) is 0 Å². The van der Waals surface area contributed by atoms with Crippen LogP contribution in [0.5, 0.6) is 0 Å². The number of carboxylic acid groups (broad SMARTS) is 1. The Balaban J connectivity index is 2.86. The van der Waals surface area contributed by atoms with Crippen LogP contribution in [0.25, 0.3) is 0 Å². The van der Waals surface area contributed by atoms with E-state index in [0.29, 0.717) is 11.4 Å². The Bertz CT molecular complexity index is 399. The quantitative estimate of drug-likeness (QED) is 0.886. The highest BCUT2D eigenvalue weighted by Crippen LogP contribution is 2.32. The van der Waals surface area contributed by atoms with Crippen LogP contribution in [0.1, 0.15) is 16.6 Å². The lowest BCUT2D eigenvalue weighted by atomic mass is 10.4. The standard InChI is InChI=1S/C9H9Br2NO3S/c1-2-12(4-7(13)14)9(15)6-3-5(10)8(11)16-6/h3H,2,4H2,1H3,(H,13,14). The fourth-order valence-corrected chi connectivity index (χ4v) is 3.10. The van der Waals surface area contributed by atoms with E-state index in [1.54, 1.807) is 13.0 Å². The van der Waals surface area contributed by atoms with Crippen LogP contribution in [0.2, 0.25) is 0 Å². The van der Waals surface area contributed by atoms with Crippen LogP contribution in [0.3, 0.4) is 0 Å². The molecule has 0 bridgehead atoms. The number of aliphatic carboxylic acids is 1. The van der Waals surface area contributed by atoms with Crippen molar-refractivity contribution in [3.05, 3.63) is 19.2 Å². The van der Waals surface area contributed by atoms with Gasteiger partial charge in [0.25, 0.3) is 5.91 Å². The van der Waals surface area contributed by atoms with Crippen molar-refractivity contribution in [2.24, 2.45) is 0 Å². The summed E-state index contributed by atoms with van der Waals surface area (Å²) < 4.78 is 1.62. The van der Waals surface area contributed by atoms with Gasteiger partial charge in [-0.15, -0.1) is 11.3 Å². The molecule has 0 aliphatic rings. The van der Waals surface area contributed by atoms with Crippen molar-refractivity contribution in [3.63, 3.8) is 0 Å². The van der Waals surface area contributed by atoms with E-state index in [2.05, 4.69) is 31.9 Å². The van der Waals surface area contributed by atoms with Gasteiger partial charge in [-0.3, -0.25) is 9.59 Å². The van der Waals surface area contributed by atoms with E-state index in [0.717, 1.165) is 8.26 Å². The molecule has 0 spiro atoms. The van der Waals surface area contributed by atoms with Crippen molar-refractivity contribution in [2.75, 3.05) is 13.1 Å². The maximum Gasteiger partial charge on any atom is 0.323 e. The van der Waals surface area contributed by atoms with Crippen molar-refractivity contribution in [1.29, 1.82) is 0 Å². The molecule has 16 heavy (non-hydrogen) atoms. The van der Waals surface area contributed by atoms with Gasteiger partial charge in [0.05, 0.1) is 8.66 Å². The molecular weight excluding hydrogens is 362 g/mol. The minimum Gasteiger partial charge on any atom is -0.480 e. The number of thiophene rings is 1. The third-order valence-electron chi connectivity index (χ3n) is 1.85. The molecular formula is C9H9Br2NO3S. The number of carbonyl (C=O) groups is 2. The van der Waals surface area contributed by atoms with Gasteiger partial charge in [-0.1, -0.05) is 0 Å². The Kier molecular flexibility index (Phi) is 4.94. The first-order valence-corrected chi connectivity index (χ1v) is 6.81. The first-order valence-electron chi connectivity index (χ1n) is 4.41. The van der Waals surface area contributed by atoms with Gasteiger partial charge in [0.1, 0.15) is 6.54 Å². The topological polar surface area (TPSA) is 57.6 Å². The summed E-state index contributed by atoms with van der Waals surface area (Å²) in [7, 11) is 0. The third-order valence-corrected chi connectivity index (χ3v) is 5.10. The van der Waals surface area contributed by atoms with E-state index < -0.39 is 5.97 Å². The molecule has 4 nitrogen and oxygen atoms in total. The minimum absolute atomic E-state index is 0.263. The average Bonchev–Trinajstić information content (AvgIpc) is 2.54. The molecule has 88 valence electrons. The molecule has 7 heteroatoms. The number of hydrogen-bond acceptors (Lipinski definition) is 3. The van der Waals surface area contributed by atoms with E-state index in [-0.39, 0.29) is 12.5 Å². The second-order valence-corrected chi connectivity index (χ2v) is 6.17. The molecule has 0 aromatic carbocycles. The number of amides is 1. The summed E-state index contributed by atoms with van der Waals surface area (Å²) in [6.07, 6.45) is 0. The summed E-state index contributed by atoms with van der Waals surface area (Å²) in [5.74, 6) is -1.27. The maximum absolute atomic E-state index is 11.9. The van der Waals surface area contributed by atoms with Crippen LogP contribution >= 0.6 is 43.2 Å². The monoisotopic (exact) mass is 369 g/mol. The van der Waals surface area contributed by atoms with Crippen LogP contribution in [0.15, 0.2) is 14.3 Å². The van der Waals surface area contributed by atoms with Gasteiger partial charge in [-0.05, 0) is 44.8 Å². The highest BCUT2D eigenvalue weighted by Gasteiger charge is 2.19. The van der Waals surface area contributed by atoms with Crippen molar-refractivity contribution >= 4 is 55.1 Å². The predicted octanol–water partition coefficient (Wildman–Crippen LogP) is 2.82. The zero-order valence-corrected chi connectivity index (χ0v) is 12.4. The molecule has 0 radical (unpaired) electrons. The summed E-state index contributed by atoms with van der Waals surface area (Å²) in [6.45, 7) is 1.85. The molecule has 0 atom stereocenters. The normalized spacial score (nSPS) is 10.2. The number of carbonyl (C=O) groups excluding carboxylic acids is 1. The molecule has 0 unspecified atom stereocenters.